The second kappa shape index (κ2) is 5.71. The number of nitrogens with zero attached hydrogens (tertiary/aromatic N) is 4. The molecule has 114 valence electrons. The number of rotatable bonds is 5. The molecule has 0 radical (unpaired) electrons. The van der Waals surface area contributed by atoms with Crippen molar-refractivity contribution in [2.45, 2.75) is 39.5 Å². The van der Waals surface area contributed by atoms with Crippen LogP contribution in [-0.2, 0) is 5.41 Å². The maximum absolute atomic E-state index is 7.39. The van der Waals surface area contributed by atoms with Gasteiger partial charge in [0, 0.05) is 37.3 Å². The van der Waals surface area contributed by atoms with Crippen LogP contribution in [0.25, 0.3) is 5.52 Å². The van der Waals surface area contributed by atoms with E-state index in [2.05, 4.69) is 48.7 Å². The molecule has 2 aromatic heterocycles. The van der Waals surface area contributed by atoms with Crippen LogP contribution < -0.4 is 10.6 Å². The molecule has 6 heteroatoms. The number of nitrogens with one attached hydrogen (secondary N) is 1. The molecule has 0 saturated heterocycles. The maximum Gasteiger partial charge on any atom is 0.154 e. The molecule has 0 fully saturated rings. The minimum atomic E-state index is -0.000279. The van der Waals surface area contributed by atoms with Gasteiger partial charge in [0.25, 0.3) is 0 Å². The highest BCUT2D eigenvalue weighted by Gasteiger charge is 2.20. The zero-order valence-corrected chi connectivity index (χ0v) is 13.2. The number of anilines is 1. The van der Waals surface area contributed by atoms with Gasteiger partial charge in [0.2, 0.25) is 0 Å². The molecule has 21 heavy (non-hydrogen) atoms. The zero-order chi connectivity index (χ0) is 15.6. The molecule has 0 aromatic carbocycles. The number of hydrogen-bond donors (Lipinski definition) is 2. The average molecular weight is 288 g/mol. The predicted molar refractivity (Wildman–Crippen MR) is 86.1 cm³/mol. The molecule has 0 bridgehead atoms. The summed E-state index contributed by atoms with van der Waals surface area (Å²) in [5, 5.41) is 12.0. The summed E-state index contributed by atoms with van der Waals surface area (Å²) in [4.78, 5) is 6.64. The Morgan fingerprint density at radius 2 is 2.14 bits per heavy atom. The van der Waals surface area contributed by atoms with E-state index in [4.69, 9.17) is 11.1 Å². The molecule has 3 N–H and O–H groups in total. The van der Waals surface area contributed by atoms with Crippen LogP contribution in [0.4, 0.5) is 5.82 Å². The molecule has 0 amide bonds. The highest BCUT2D eigenvalue weighted by atomic mass is 15.3. The van der Waals surface area contributed by atoms with Gasteiger partial charge in [0.15, 0.2) is 5.82 Å². The third-order valence-electron chi connectivity index (χ3n) is 3.47. The average Bonchev–Trinajstić information content (AvgIpc) is 2.83. The van der Waals surface area contributed by atoms with Gasteiger partial charge < -0.3 is 10.6 Å². The molecular weight excluding hydrogens is 264 g/mol. The Labute approximate surface area is 125 Å². The predicted octanol–water partition coefficient (Wildman–Crippen LogP) is 2.18. The van der Waals surface area contributed by atoms with Crippen molar-refractivity contribution in [3.8, 4) is 0 Å². The van der Waals surface area contributed by atoms with E-state index in [1.807, 2.05) is 10.7 Å². The van der Waals surface area contributed by atoms with Gasteiger partial charge in [0.1, 0.15) is 5.52 Å². The summed E-state index contributed by atoms with van der Waals surface area (Å²) < 4.78 is 1.87. The molecule has 0 aliphatic carbocycles. The quantitative estimate of drug-likeness (QED) is 0.652. The summed E-state index contributed by atoms with van der Waals surface area (Å²) in [6.07, 6.45) is 4.17. The fourth-order valence-corrected chi connectivity index (χ4v) is 2.19. The fraction of sp³-hybridized carbons (Fsp3) is 0.533. The summed E-state index contributed by atoms with van der Waals surface area (Å²) in [5.74, 6) is 1.09. The molecule has 0 aliphatic heterocycles. The first-order chi connectivity index (χ1) is 9.82. The van der Waals surface area contributed by atoms with Gasteiger partial charge in [-0.05, 0) is 13.0 Å². The van der Waals surface area contributed by atoms with E-state index in [0.717, 1.165) is 23.6 Å². The molecule has 2 rings (SSSR count). The SMILES string of the molecule is CCN(CCC(=N)N)c1nccn2nc(C(C)(C)C)cc12. The van der Waals surface area contributed by atoms with Gasteiger partial charge in [-0.15, -0.1) is 0 Å². The Balaban J connectivity index is 2.42. The van der Waals surface area contributed by atoms with E-state index in [1.165, 1.54) is 0 Å². The van der Waals surface area contributed by atoms with Gasteiger partial charge in [-0.1, -0.05) is 20.8 Å². The van der Waals surface area contributed by atoms with Crippen LogP contribution in [0.5, 0.6) is 0 Å². The number of aromatic nitrogens is 3. The smallest absolute Gasteiger partial charge is 0.154 e. The summed E-state index contributed by atoms with van der Waals surface area (Å²) in [6, 6.07) is 2.10. The molecule has 2 heterocycles. The Bertz CT molecular complexity index is 637. The van der Waals surface area contributed by atoms with Crippen LogP contribution in [0.15, 0.2) is 18.5 Å². The van der Waals surface area contributed by atoms with Crippen molar-refractivity contribution in [2.24, 2.45) is 5.73 Å². The highest BCUT2D eigenvalue weighted by Crippen LogP contribution is 2.26. The summed E-state index contributed by atoms with van der Waals surface area (Å²) in [7, 11) is 0. The molecule has 0 saturated carbocycles. The lowest BCUT2D eigenvalue weighted by Gasteiger charge is -2.22. The minimum Gasteiger partial charge on any atom is -0.388 e. The van der Waals surface area contributed by atoms with Gasteiger partial charge >= 0.3 is 0 Å². The molecule has 6 nitrogen and oxygen atoms in total. The van der Waals surface area contributed by atoms with E-state index in [0.29, 0.717) is 13.0 Å². The Morgan fingerprint density at radius 1 is 1.43 bits per heavy atom. The molecular formula is C15H24N6. The molecule has 2 aromatic rings. The highest BCUT2D eigenvalue weighted by molar-refractivity contribution is 5.78. The Hall–Kier alpha value is -2.11. The third kappa shape index (κ3) is 3.32. The first-order valence-corrected chi connectivity index (χ1v) is 7.25. The van der Waals surface area contributed by atoms with Crippen LogP contribution in [0, 0.1) is 5.41 Å². The molecule has 0 spiro atoms. The van der Waals surface area contributed by atoms with Gasteiger partial charge in [0.05, 0.1) is 11.5 Å². The van der Waals surface area contributed by atoms with E-state index >= 15 is 0 Å². The van der Waals surface area contributed by atoms with Crippen molar-refractivity contribution in [1.29, 1.82) is 5.41 Å². The van der Waals surface area contributed by atoms with Gasteiger partial charge in [-0.2, -0.15) is 5.10 Å². The largest absolute Gasteiger partial charge is 0.388 e. The van der Waals surface area contributed by atoms with Gasteiger partial charge in [-0.3, -0.25) is 5.41 Å². The zero-order valence-electron chi connectivity index (χ0n) is 13.2. The monoisotopic (exact) mass is 288 g/mol. The van der Waals surface area contributed by atoms with Crippen LogP contribution in [0.3, 0.4) is 0 Å². The third-order valence-corrected chi connectivity index (χ3v) is 3.47. The lowest BCUT2D eigenvalue weighted by atomic mass is 9.92. The second-order valence-corrected chi connectivity index (χ2v) is 6.22. The number of nitrogens with two attached hydrogens (primary N) is 1. The fourth-order valence-electron chi connectivity index (χ4n) is 2.19. The number of amidine groups is 1. The lowest BCUT2D eigenvalue weighted by molar-refractivity contribution is 0.562. The van der Waals surface area contributed by atoms with Crippen molar-refractivity contribution < 1.29 is 0 Å². The second-order valence-electron chi connectivity index (χ2n) is 6.22. The Kier molecular flexibility index (Phi) is 4.16. The van der Waals surface area contributed by atoms with Crippen LogP contribution in [-0.4, -0.2) is 33.5 Å². The first-order valence-electron chi connectivity index (χ1n) is 7.25. The number of hydrogen-bond acceptors (Lipinski definition) is 4. The van der Waals surface area contributed by atoms with E-state index in [1.54, 1.807) is 6.20 Å². The van der Waals surface area contributed by atoms with Crippen molar-refractivity contribution in [3.05, 3.63) is 24.2 Å². The summed E-state index contributed by atoms with van der Waals surface area (Å²) in [6.45, 7) is 10.0. The molecule has 0 unspecified atom stereocenters. The first kappa shape index (κ1) is 15.3. The van der Waals surface area contributed by atoms with Crippen molar-refractivity contribution in [2.75, 3.05) is 18.0 Å². The Morgan fingerprint density at radius 3 is 2.71 bits per heavy atom. The maximum atomic E-state index is 7.39. The van der Waals surface area contributed by atoms with Crippen LogP contribution >= 0.6 is 0 Å². The molecule has 0 aliphatic rings. The summed E-state index contributed by atoms with van der Waals surface area (Å²) >= 11 is 0. The van der Waals surface area contributed by atoms with E-state index < -0.39 is 0 Å². The molecule has 0 atom stereocenters. The van der Waals surface area contributed by atoms with Crippen molar-refractivity contribution >= 4 is 17.2 Å². The van der Waals surface area contributed by atoms with Crippen molar-refractivity contribution in [1.82, 2.24) is 14.6 Å². The minimum absolute atomic E-state index is 0.000279. The summed E-state index contributed by atoms with van der Waals surface area (Å²) in [5.41, 5.74) is 7.50. The van der Waals surface area contributed by atoms with E-state index in [9.17, 15) is 0 Å². The standard InChI is InChI=1S/C15H24N6/c1-5-20(8-6-13(16)17)14-11-10-12(15(2,3)4)19-21(11)9-7-18-14/h7,9-10H,5-6,8H2,1-4H3,(H3,16,17). The van der Waals surface area contributed by atoms with Gasteiger partial charge in [-0.25, -0.2) is 9.50 Å². The lowest BCUT2D eigenvalue weighted by Crippen LogP contribution is -2.28. The van der Waals surface area contributed by atoms with Crippen LogP contribution in [0.1, 0.15) is 39.8 Å². The number of fused-ring (bicyclic) bond motifs is 1. The van der Waals surface area contributed by atoms with E-state index in [-0.39, 0.29) is 11.3 Å². The van der Waals surface area contributed by atoms with Crippen LogP contribution in [0.2, 0.25) is 0 Å². The topological polar surface area (TPSA) is 83.3 Å². The normalized spacial score (nSPS) is 11.8. The van der Waals surface area contributed by atoms with Crippen molar-refractivity contribution in [3.63, 3.8) is 0 Å².